The molecule has 0 saturated heterocycles. The van der Waals surface area contributed by atoms with Gasteiger partial charge in [-0.15, -0.1) is 0 Å². The summed E-state index contributed by atoms with van der Waals surface area (Å²) in [6.07, 6.45) is 3.26. The summed E-state index contributed by atoms with van der Waals surface area (Å²) in [6.45, 7) is 15.5. The maximum Gasteiger partial charge on any atom is 0.130 e. The van der Waals surface area contributed by atoms with E-state index in [2.05, 4.69) is 34.3 Å². The van der Waals surface area contributed by atoms with Crippen molar-refractivity contribution in [3.05, 3.63) is 12.2 Å². The molecule has 3 rings (SSSR count). The molecule has 0 spiro atoms. The van der Waals surface area contributed by atoms with Gasteiger partial charge in [-0.25, -0.2) is 0 Å². The first-order chi connectivity index (χ1) is 7.73. The third-order valence-corrected chi connectivity index (χ3v) is 6.09. The minimum atomic E-state index is 0.223. The van der Waals surface area contributed by atoms with E-state index in [1.54, 1.807) is 6.92 Å². The first-order valence-corrected chi connectivity index (χ1v) is 6.92. The highest BCUT2D eigenvalue weighted by molar-refractivity contribution is 5.76. The maximum absolute atomic E-state index is 11.4. The van der Waals surface area contributed by atoms with E-state index in [0.29, 0.717) is 18.1 Å². The van der Waals surface area contributed by atoms with Crippen LogP contribution in [0.2, 0.25) is 0 Å². The van der Waals surface area contributed by atoms with Gasteiger partial charge in [0, 0.05) is 11.8 Å². The van der Waals surface area contributed by atoms with E-state index >= 15 is 0 Å². The average molecular weight is 234 g/mol. The Morgan fingerprint density at radius 1 is 1.53 bits per heavy atom. The van der Waals surface area contributed by atoms with Crippen LogP contribution in [0.25, 0.3) is 0 Å². The molecule has 1 heteroatoms. The van der Waals surface area contributed by atoms with E-state index in [0.717, 1.165) is 11.8 Å². The molecule has 3 aliphatic rings. The van der Waals surface area contributed by atoms with Crippen LogP contribution >= 0.6 is 0 Å². The normalized spacial score (nSPS) is 40.6. The number of carbonyl (C=O) groups is 1. The molecular weight excluding hydrogens is 208 g/mol. The van der Waals surface area contributed by atoms with Crippen molar-refractivity contribution in [1.29, 1.82) is 0 Å². The lowest BCUT2D eigenvalue weighted by atomic mass is 9.35. The first-order valence-electron chi connectivity index (χ1n) is 6.92. The summed E-state index contributed by atoms with van der Waals surface area (Å²) in [5, 5.41) is 0. The van der Waals surface area contributed by atoms with Gasteiger partial charge in [-0.05, 0) is 42.9 Å². The Kier molecular flexibility index (Phi) is 2.80. The topological polar surface area (TPSA) is 17.1 Å². The molecule has 3 aliphatic carbocycles. The zero-order chi connectivity index (χ0) is 13.0. The number of Topliss-reactive ketones (excluding diaryl/α,β-unsaturated/α-hetero) is 1. The monoisotopic (exact) mass is 234 g/mol. The molecule has 0 aromatic carbocycles. The Bertz CT molecular complexity index is 366. The van der Waals surface area contributed by atoms with E-state index in [-0.39, 0.29) is 10.8 Å². The Morgan fingerprint density at radius 3 is 2.59 bits per heavy atom. The minimum absolute atomic E-state index is 0.223. The number of hydrogen-bond donors (Lipinski definition) is 0. The fraction of sp³-hybridized carbons (Fsp3) is 0.812. The van der Waals surface area contributed by atoms with Gasteiger partial charge in [-0.3, -0.25) is 0 Å². The summed E-state index contributed by atoms with van der Waals surface area (Å²) in [4.78, 5) is 11.4. The van der Waals surface area contributed by atoms with Crippen molar-refractivity contribution < 1.29 is 4.79 Å². The van der Waals surface area contributed by atoms with Gasteiger partial charge in [0.2, 0.25) is 0 Å². The molecule has 0 aromatic heterocycles. The van der Waals surface area contributed by atoms with Crippen LogP contribution < -0.4 is 0 Å². The van der Waals surface area contributed by atoms with E-state index in [4.69, 9.17) is 0 Å². The van der Waals surface area contributed by atoms with Crippen molar-refractivity contribution in [1.82, 2.24) is 0 Å². The fourth-order valence-corrected chi connectivity index (χ4v) is 4.70. The molecule has 2 unspecified atom stereocenters. The zero-order valence-corrected chi connectivity index (χ0v) is 12.0. The van der Waals surface area contributed by atoms with E-state index in [1.165, 1.54) is 18.4 Å². The summed E-state index contributed by atoms with van der Waals surface area (Å²) in [6, 6.07) is 0. The standard InChI is InChI=1S/C16H26O/c1-10-8-14-9-16(13(14)4,15(10,5)6)11(2)7-12(3)17/h10-11,14H,4,7-9H2,1-3,5-6H3/t10?,11?,14-,16-/m0/s1. The highest BCUT2D eigenvalue weighted by atomic mass is 16.1. The lowest BCUT2D eigenvalue weighted by Gasteiger charge is -2.69. The zero-order valence-electron chi connectivity index (χ0n) is 12.0. The average Bonchev–Trinajstić information content (AvgIpc) is 2.19. The number of carbonyl (C=O) groups excluding carboxylic acids is 1. The number of allylic oxidation sites excluding steroid dienone is 1. The van der Waals surface area contributed by atoms with Crippen molar-refractivity contribution in [2.75, 3.05) is 0 Å². The molecule has 2 bridgehead atoms. The lowest BCUT2D eigenvalue weighted by Crippen LogP contribution is -2.61. The van der Waals surface area contributed by atoms with Crippen molar-refractivity contribution in [3.63, 3.8) is 0 Å². The van der Waals surface area contributed by atoms with Crippen LogP contribution in [-0.2, 0) is 4.79 Å². The Morgan fingerprint density at radius 2 is 2.12 bits per heavy atom. The second-order valence-corrected chi connectivity index (χ2v) is 7.06. The van der Waals surface area contributed by atoms with Crippen molar-refractivity contribution in [2.45, 2.75) is 53.9 Å². The lowest BCUT2D eigenvalue weighted by molar-refractivity contribution is -0.135. The number of rotatable bonds is 3. The van der Waals surface area contributed by atoms with Gasteiger partial charge in [0.15, 0.2) is 0 Å². The smallest absolute Gasteiger partial charge is 0.130 e. The molecule has 3 saturated carbocycles. The van der Waals surface area contributed by atoms with Crippen LogP contribution in [-0.4, -0.2) is 5.78 Å². The van der Waals surface area contributed by atoms with E-state index in [1.807, 2.05) is 0 Å². The number of fused-ring (bicyclic) bond motifs is 2. The molecule has 4 atom stereocenters. The highest BCUT2D eigenvalue weighted by Gasteiger charge is 2.64. The Labute approximate surface area is 106 Å². The van der Waals surface area contributed by atoms with Crippen molar-refractivity contribution >= 4 is 5.78 Å². The minimum Gasteiger partial charge on any atom is -0.300 e. The van der Waals surface area contributed by atoms with Gasteiger partial charge >= 0.3 is 0 Å². The summed E-state index contributed by atoms with van der Waals surface area (Å²) in [5.74, 6) is 2.23. The third-order valence-electron chi connectivity index (χ3n) is 6.09. The van der Waals surface area contributed by atoms with Crippen LogP contribution in [0.3, 0.4) is 0 Å². The largest absolute Gasteiger partial charge is 0.300 e. The number of ketones is 1. The SMILES string of the molecule is C=C1[C@H]2CC(C)C(C)(C)[C@]1(C(C)CC(C)=O)C2. The molecule has 1 nitrogen and oxygen atoms in total. The first kappa shape index (κ1) is 12.9. The summed E-state index contributed by atoms with van der Waals surface area (Å²) < 4.78 is 0. The van der Waals surface area contributed by atoms with Gasteiger partial charge in [0.1, 0.15) is 5.78 Å². The molecule has 17 heavy (non-hydrogen) atoms. The van der Waals surface area contributed by atoms with Crippen LogP contribution in [0.1, 0.15) is 53.9 Å². The van der Waals surface area contributed by atoms with Crippen LogP contribution in [0.5, 0.6) is 0 Å². The molecule has 0 radical (unpaired) electrons. The van der Waals surface area contributed by atoms with Gasteiger partial charge in [-0.2, -0.15) is 0 Å². The van der Waals surface area contributed by atoms with Crippen LogP contribution in [0.15, 0.2) is 12.2 Å². The highest BCUT2D eigenvalue weighted by Crippen LogP contribution is 2.72. The second-order valence-electron chi connectivity index (χ2n) is 7.06. The van der Waals surface area contributed by atoms with Crippen molar-refractivity contribution in [2.24, 2.45) is 28.6 Å². The van der Waals surface area contributed by atoms with Crippen LogP contribution in [0.4, 0.5) is 0 Å². The Balaban J connectivity index is 2.33. The molecule has 0 aliphatic heterocycles. The third kappa shape index (κ3) is 1.47. The summed E-state index contributed by atoms with van der Waals surface area (Å²) in [5.41, 5.74) is 1.95. The summed E-state index contributed by atoms with van der Waals surface area (Å²) in [7, 11) is 0. The molecule has 0 N–H and O–H groups in total. The quantitative estimate of drug-likeness (QED) is 0.668. The Hall–Kier alpha value is -0.590. The van der Waals surface area contributed by atoms with E-state index in [9.17, 15) is 4.79 Å². The van der Waals surface area contributed by atoms with Crippen LogP contribution in [0, 0.1) is 28.6 Å². The van der Waals surface area contributed by atoms with Gasteiger partial charge in [0.05, 0.1) is 0 Å². The van der Waals surface area contributed by atoms with Gasteiger partial charge in [-0.1, -0.05) is 39.8 Å². The van der Waals surface area contributed by atoms with Gasteiger partial charge in [0.25, 0.3) is 0 Å². The second kappa shape index (κ2) is 3.70. The predicted molar refractivity (Wildman–Crippen MR) is 71.7 cm³/mol. The summed E-state index contributed by atoms with van der Waals surface area (Å²) >= 11 is 0. The molecule has 3 fully saturated rings. The van der Waals surface area contributed by atoms with Gasteiger partial charge < -0.3 is 4.79 Å². The molecule has 0 amide bonds. The molecule has 96 valence electrons. The number of hydrogen-bond acceptors (Lipinski definition) is 1. The predicted octanol–water partition coefficient (Wildman–Crippen LogP) is 4.23. The molecular formula is C16H26O. The molecule has 0 aromatic rings. The van der Waals surface area contributed by atoms with E-state index < -0.39 is 0 Å². The molecule has 0 heterocycles. The fourth-order valence-electron chi connectivity index (χ4n) is 4.70. The van der Waals surface area contributed by atoms with Crippen molar-refractivity contribution in [3.8, 4) is 0 Å². The maximum atomic E-state index is 11.4.